The molecule has 0 saturated carbocycles. The van der Waals surface area contributed by atoms with Crippen LogP contribution in [-0.2, 0) is 15.9 Å². The highest BCUT2D eigenvalue weighted by Crippen LogP contribution is 2.28. The van der Waals surface area contributed by atoms with Crippen LogP contribution in [0.25, 0.3) is 10.8 Å². The van der Waals surface area contributed by atoms with Crippen LogP contribution in [0.1, 0.15) is 55.8 Å². The molecule has 0 saturated heterocycles. The van der Waals surface area contributed by atoms with Crippen LogP contribution in [0.5, 0.6) is 0 Å². The Bertz CT molecular complexity index is 1070. The number of esters is 1. The van der Waals surface area contributed by atoms with E-state index in [1.165, 1.54) is 4.90 Å². The van der Waals surface area contributed by atoms with Crippen molar-refractivity contribution in [1.82, 2.24) is 15.0 Å². The average Bonchev–Trinajstić information content (AvgIpc) is 3.19. The predicted octanol–water partition coefficient (Wildman–Crippen LogP) is 4.55. The van der Waals surface area contributed by atoms with Crippen LogP contribution in [0.15, 0.2) is 47.0 Å². The molecule has 0 N–H and O–H groups in total. The second-order valence-corrected chi connectivity index (χ2v) is 8.15. The molecule has 3 aromatic rings. The molecule has 164 valence electrons. The molecule has 31 heavy (non-hydrogen) atoms. The molecule has 1 atom stereocenters. The van der Waals surface area contributed by atoms with Crippen molar-refractivity contribution >= 4 is 22.8 Å². The molecule has 2 aromatic carbocycles. The summed E-state index contributed by atoms with van der Waals surface area (Å²) in [6, 6.07) is 13.5. The summed E-state index contributed by atoms with van der Waals surface area (Å²) < 4.78 is 15.7. The van der Waals surface area contributed by atoms with Crippen LogP contribution in [-0.4, -0.2) is 46.4 Å². The number of hydrogen-bond acceptors (Lipinski definition) is 7. The third-order valence-corrected chi connectivity index (χ3v) is 4.60. The first-order valence-electron chi connectivity index (χ1n) is 10.1. The van der Waals surface area contributed by atoms with E-state index in [2.05, 4.69) is 10.1 Å². The van der Waals surface area contributed by atoms with Gasteiger partial charge in [0.05, 0.1) is 19.1 Å². The molecule has 1 aromatic heterocycles. The van der Waals surface area contributed by atoms with E-state index in [9.17, 15) is 9.59 Å². The molecule has 8 heteroatoms. The van der Waals surface area contributed by atoms with Gasteiger partial charge in [0, 0.05) is 7.05 Å². The Hall–Kier alpha value is -3.42. The maximum absolute atomic E-state index is 12.8. The van der Waals surface area contributed by atoms with Gasteiger partial charge in [-0.1, -0.05) is 36.4 Å². The van der Waals surface area contributed by atoms with Crippen molar-refractivity contribution in [2.24, 2.45) is 0 Å². The standard InChI is InChI=1S/C23H27N3O5/c1-6-29-21(27)20-24-19(31-25-20)14-18(26(5)22(28)30-23(2,3)4)17-12-11-15-9-7-8-10-16(15)13-17/h7-13,18H,6,14H2,1-5H3. The van der Waals surface area contributed by atoms with E-state index in [1.54, 1.807) is 14.0 Å². The first kappa shape index (κ1) is 22.3. The maximum atomic E-state index is 12.8. The fourth-order valence-electron chi connectivity index (χ4n) is 3.14. The van der Waals surface area contributed by atoms with Crippen molar-refractivity contribution in [2.45, 2.75) is 45.8 Å². The second-order valence-electron chi connectivity index (χ2n) is 8.15. The van der Waals surface area contributed by atoms with Gasteiger partial charge in [-0.15, -0.1) is 0 Å². The van der Waals surface area contributed by atoms with Gasteiger partial charge in [0.25, 0.3) is 5.82 Å². The molecule has 0 spiro atoms. The topological polar surface area (TPSA) is 94.8 Å². The summed E-state index contributed by atoms with van der Waals surface area (Å²) in [5, 5.41) is 5.83. The Labute approximate surface area is 181 Å². The van der Waals surface area contributed by atoms with Crippen LogP contribution in [0.2, 0.25) is 0 Å². The molecule has 0 bridgehead atoms. The number of ether oxygens (including phenoxy) is 2. The van der Waals surface area contributed by atoms with Crippen molar-refractivity contribution in [2.75, 3.05) is 13.7 Å². The van der Waals surface area contributed by atoms with E-state index < -0.39 is 23.7 Å². The zero-order chi connectivity index (χ0) is 22.6. The van der Waals surface area contributed by atoms with Gasteiger partial charge in [-0.25, -0.2) is 9.59 Å². The van der Waals surface area contributed by atoms with Gasteiger partial charge in [0.15, 0.2) is 0 Å². The molecular formula is C23H27N3O5. The van der Waals surface area contributed by atoms with Crippen molar-refractivity contribution in [3.8, 4) is 0 Å². The summed E-state index contributed by atoms with van der Waals surface area (Å²) in [5.41, 5.74) is 0.240. The van der Waals surface area contributed by atoms with Crippen molar-refractivity contribution in [3.05, 3.63) is 59.7 Å². The number of carbonyl (C=O) groups is 2. The van der Waals surface area contributed by atoms with E-state index in [1.807, 2.05) is 63.2 Å². The molecule has 1 amide bonds. The Kier molecular flexibility index (Phi) is 6.58. The monoisotopic (exact) mass is 425 g/mol. The smallest absolute Gasteiger partial charge is 0.410 e. The van der Waals surface area contributed by atoms with Gasteiger partial charge in [0.2, 0.25) is 5.89 Å². The van der Waals surface area contributed by atoms with Gasteiger partial charge in [-0.2, -0.15) is 4.98 Å². The number of rotatable bonds is 6. The number of fused-ring (bicyclic) bond motifs is 1. The maximum Gasteiger partial charge on any atom is 0.410 e. The van der Waals surface area contributed by atoms with Crippen LogP contribution >= 0.6 is 0 Å². The number of aromatic nitrogens is 2. The highest BCUT2D eigenvalue weighted by Gasteiger charge is 2.29. The molecule has 0 aliphatic heterocycles. The number of likely N-dealkylation sites (N-methyl/N-ethyl adjacent to an activating group) is 1. The zero-order valence-electron chi connectivity index (χ0n) is 18.4. The predicted molar refractivity (Wildman–Crippen MR) is 115 cm³/mol. The fraction of sp³-hybridized carbons (Fsp3) is 0.391. The quantitative estimate of drug-likeness (QED) is 0.535. The van der Waals surface area contributed by atoms with Gasteiger partial charge in [-0.05, 0) is 55.3 Å². The van der Waals surface area contributed by atoms with Crippen molar-refractivity contribution in [3.63, 3.8) is 0 Å². The van der Waals surface area contributed by atoms with Crippen LogP contribution in [0, 0.1) is 0 Å². The zero-order valence-corrected chi connectivity index (χ0v) is 18.4. The van der Waals surface area contributed by atoms with Crippen LogP contribution in [0.4, 0.5) is 4.79 Å². The first-order chi connectivity index (χ1) is 14.7. The van der Waals surface area contributed by atoms with Gasteiger partial charge in [-0.3, -0.25) is 0 Å². The Balaban J connectivity index is 1.93. The van der Waals surface area contributed by atoms with Crippen molar-refractivity contribution < 1.29 is 23.6 Å². The molecule has 0 radical (unpaired) electrons. The number of benzene rings is 2. The Morgan fingerprint density at radius 2 is 1.84 bits per heavy atom. The second kappa shape index (κ2) is 9.16. The molecule has 0 aliphatic carbocycles. The minimum atomic E-state index is -0.653. The van der Waals surface area contributed by atoms with Crippen LogP contribution in [0.3, 0.4) is 0 Å². The number of amides is 1. The average molecular weight is 425 g/mol. The SMILES string of the molecule is CCOC(=O)c1noc(CC(c2ccc3ccccc3c2)N(C)C(=O)OC(C)(C)C)n1. The summed E-state index contributed by atoms with van der Waals surface area (Å²) in [5.74, 6) is -0.578. The van der Waals surface area contributed by atoms with E-state index in [-0.39, 0.29) is 24.7 Å². The lowest BCUT2D eigenvalue weighted by Crippen LogP contribution is -2.37. The number of carbonyl (C=O) groups excluding carboxylic acids is 2. The molecule has 0 fully saturated rings. The lowest BCUT2D eigenvalue weighted by molar-refractivity contribution is 0.0213. The Morgan fingerprint density at radius 1 is 1.13 bits per heavy atom. The van der Waals surface area contributed by atoms with Crippen LogP contribution < -0.4 is 0 Å². The summed E-state index contributed by atoms with van der Waals surface area (Å²) in [6.45, 7) is 7.35. The van der Waals surface area contributed by atoms with E-state index in [4.69, 9.17) is 14.0 Å². The minimum absolute atomic E-state index is 0.144. The molecule has 3 rings (SSSR count). The molecule has 1 unspecified atom stereocenters. The van der Waals surface area contributed by atoms with E-state index in [0.717, 1.165) is 16.3 Å². The third kappa shape index (κ3) is 5.59. The van der Waals surface area contributed by atoms with E-state index >= 15 is 0 Å². The normalized spacial score (nSPS) is 12.4. The highest BCUT2D eigenvalue weighted by atomic mass is 16.6. The highest BCUT2D eigenvalue weighted by molar-refractivity contribution is 5.85. The summed E-state index contributed by atoms with van der Waals surface area (Å²) in [4.78, 5) is 30.3. The van der Waals surface area contributed by atoms with Gasteiger partial charge in [0.1, 0.15) is 5.60 Å². The Morgan fingerprint density at radius 3 is 2.52 bits per heavy atom. The number of hydrogen-bond donors (Lipinski definition) is 0. The van der Waals surface area contributed by atoms with Gasteiger partial charge < -0.3 is 18.9 Å². The largest absolute Gasteiger partial charge is 0.460 e. The summed E-state index contributed by atoms with van der Waals surface area (Å²) >= 11 is 0. The molecular weight excluding hydrogens is 398 g/mol. The lowest BCUT2D eigenvalue weighted by Gasteiger charge is -2.30. The van der Waals surface area contributed by atoms with Gasteiger partial charge >= 0.3 is 12.1 Å². The third-order valence-electron chi connectivity index (χ3n) is 4.60. The number of nitrogens with zero attached hydrogens (tertiary/aromatic N) is 3. The molecule has 1 heterocycles. The first-order valence-corrected chi connectivity index (χ1v) is 10.1. The molecule has 0 aliphatic rings. The van der Waals surface area contributed by atoms with Crippen molar-refractivity contribution in [1.29, 1.82) is 0 Å². The molecule has 8 nitrogen and oxygen atoms in total. The summed E-state index contributed by atoms with van der Waals surface area (Å²) in [6.07, 6.45) is -0.267. The summed E-state index contributed by atoms with van der Waals surface area (Å²) in [7, 11) is 1.66. The fourth-order valence-corrected chi connectivity index (χ4v) is 3.14. The minimum Gasteiger partial charge on any atom is -0.460 e. The van der Waals surface area contributed by atoms with E-state index in [0.29, 0.717) is 0 Å². The lowest BCUT2D eigenvalue weighted by atomic mass is 9.99.